The lowest BCUT2D eigenvalue weighted by molar-refractivity contribution is -0.155. The third-order valence-electron chi connectivity index (χ3n) is 1.85. The molecule has 0 radical (unpaired) electrons. The van der Waals surface area contributed by atoms with E-state index in [9.17, 15) is 9.59 Å². The van der Waals surface area contributed by atoms with E-state index < -0.39 is 12.1 Å². The smallest absolute Gasteiger partial charge is 0.303 e. The highest BCUT2D eigenvalue weighted by molar-refractivity contribution is 5.83. The number of Topliss-reactive ketones (excluding diaryl/α,β-unsaturated/α-hetero) is 1. The van der Waals surface area contributed by atoms with Gasteiger partial charge in [0.25, 0.3) is 0 Å². The Labute approximate surface area is 73.1 Å². The van der Waals surface area contributed by atoms with Crippen molar-refractivity contribution in [1.82, 2.24) is 0 Å². The summed E-state index contributed by atoms with van der Waals surface area (Å²) in [6.45, 7) is 6.62. The predicted molar refractivity (Wildman–Crippen MR) is 45.7 cm³/mol. The fraction of sp³-hybridized carbons (Fsp3) is 0.778. The van der Waals surface area contributed by atoms with Gasteiger partial charge in [0.15, 0.2) is 11.9 Å². The molecule has 3 nitrogen and oxygen atoms in total. The molecule has 0 saturated heterocycles. The molecule has 12 heavy (non-hydrogen) atoms. The first kappa shape index (κ1) is 11.1. The van der Waals surface area contributed by atoms with Gasteiger partial charge in [-0.25, -0.2) is 0 Å². The van der Waals surface area contributed by atoms with Crippen molar-refractivity contribution < 1.29 is 14.3 Å². The first-order valence-corrected chi connectivity index (χ1v) is 4.16. The first-order valence-electron chi connectivity index (χ1n) is 4.16. The average Bonchev–Trinajstić information content (AvgIpc) is 1.98. The Balaban J connectivity index is 4.22. The molecule has 3 heteroatoms. The van der Waals surface area contributed by atoms with Crippen LogP contribution in [-0.2, 0) is 14.3 Å². The lowest BCUT2D eigenvalue weighted by Gasteiger charge is -2.19. The highest BCUT2D eigenvalue weighted by Gasteiger charge is 2.22. The molecule has 0 aromatic carbocycles. The second-order valence-corrected chi connectivity index (χ2v) is 3.03. The molecule has 0 aromatic heterocycles. The first-order chi connectivity index (χ1) is 5.49. The predicted octanol–water partition coefficient (Wildman–Crippen LogP) is 1.55. The minimum atomic E-state index is -0.563. The molecule has 2 unspecified atom stereocenters. The summed E-state index contributed by atoms with van der Waals surface area (Å²) < 4.78 is 4.88. The maximum absolute atomic E-state index is 11.0. The summed E-state index contributed by atoms with van der Waals surface area (Å²) in [6, 6.07) is 0. The molecule has 0 rings (SSSR count). The normalized spacial score (nSPS) is 15.0. The van der Waals surface area contributed by atoms with E-state index in [1.165, 1.54) is 13.8 Å². The molecule has 0 heterocycles. The van der Waals surface area contributed by atoms with Crippen molar-refractivity contribution in [1.29, 1.82) is 0 Å². The number of hydrogen-bond acceptors (Lipinski definition) is 3. The van der Waals surface area contributed by atoms with Crippen LogP contribution in [0.25, 0.3) is 0 Å². The maximum Gasteiger partial charge on any atom is 0.303 e. The zero-order valence-corrected chi connectivity index (χ0v) is 8.09. The lowest BCUT2D eigenvalue weighted by Crippen LogP contribution is -2.30. The van der Waals surface area contributed by atoms with Crippen LogP contribution in [0.5, 0.6) is 0 Å². The second kappa shape index (κ2) is 4.91. The summed E-state index contributed by atoms with van der Waals surface area (Å²) in [4.78, 5) is 21.6. The summed E-state index contributed by atoms with van der Waals surface area (Å²) >= 11 is 0. The van der Waals surface area contributed by atoms with Crippen LogP contribution in [-0.4, -0.2) is 17.9 Å². The number of carbonyl (C=O) groups excluding carboxylic acids is 2. The van der Waals surface area contributed by atoms with Crippen LogP contribution in [0.2, 0.25) is 0 Å². The quantitative estimate of drug-likeness (QED) is 0.604. The molecule has 0 aromatic rings. The Morgan fingerprint density at radius 1 is 1.33 bits per heavy atom. The molecule has 2 atom stereocenters. The van der Waals surface area contributed by atoms with Gasteiger partial charge >= 0.3 is 5.97 Å². The molecule has 70 valence electrons. The molecule has 0 amide bonds. The van der Waals surface area contributed by atoms with E-state index >= 15 is 0 Å². The van der Waals surface area contributed by atoms with Crippen molar-refractivity contribution in [2.45, 2.75) is 40.2 Å². The number of ether oxygens (including phenoxy) is 1. The van der Waals surface area contributed by atoms with Crippen molar-refractivity contribution in [3.63, 3.8) is 0 Å². The van der Waals surface area contributed by atoms with E-state index in [0.717, 1.165) is 6.42 Å². The fourth-order valence-corrected chi connectivity index (χ4v) is 0.993. The van der Waals surface area contributed by atoms with Crippen LogP contribution >= 0.6 is 0 Å². The van der Waals surface area contributed by atoms with Gasteiger partial charge in [-0.05, 0) is 13.3 Å². The Kier molecular flexibility index (Phi) is 4.55. The average molecular weight is 172 g/mol. The van der Waals surface area contributed by atoms with Crippen molar-refractivity contribution >= 4 is 11.8 Å². The minimum Gasteiger partial charge on any atom is -0.454 e. The highest BCUT2D eigenvalue weighted by atomic mass is 16.5. The van der Waals surface area contributed by atoms with Gasteiger partial charge in [-0.1, -0.05) is 13.8 Å². The number of carbonyl (C=O) groups is 2. The van der Waals surface area contributed by atoms with Crippen LogP contribution in [0.1, 0.15) is 34.1 Å². The topological polar surface area (TPSA) is 43.4 Å². The standard InChI is InChI=1S/C9H16O3/c1-5-6(2)9(7(3)10)12-8(4)11/h6,9H,5H2,1-4H3. The summed E-state index contributed by atoms with van der Waals surface area (Å²) in [5.74, 6) is -0.374. The van der Waals surface area contributed by atoms with Crippen LogP contribution in [0.15, 0.2) is 0 Å². The van der Waals surface area contributed by atoms with Crippen molar-refractivity contribution in [2.24, 2.45) is 5.92 Å². The zero-order chi connectivity index (χ0) is 9.72. The Bertz CT molecular complexity index is 175. The molecule has 0 bridgehead atoms. The largest absolute Gasteiger partial charge is 0.454 e. The van der Waals surface area contributed by atoms with E-state index in [0.29, 0.717) is 0 Å². The number of esters is 1. The van der Waals surface area contributed by atoms with E-state index in [-0.39, 0.29) is 11.7 Å². The summed E-state index contributed by atoms with van der Waals surface area (Å²) in [7, 11) is 0. The Morgan fingerprint density at radius 3 is 2.08 bits per heavy atom. The summed E-state index contributed by atoms with van der Waals surface area (Å²) in [5, 5.41) is 0. The monoisotopic (exact) mass is 172 g/mol. The second-order valence-electron chi connectivity index (χ2n) is 3.03. The van der Waals surface area contributed by atoms with E-state index in [1.54, 1.807) is 0 Å². The lowest BCUT2D eigenvalue weighted by atomic mass is 9.99. The Hall–Kier alpha value is -0.860. The van der Waals surface area contributed by atoms with Gasteiger partial charge in [-0.3, -0.25) is 9.59 Å². The van der Waals surface area contributed by atoms with Crippen LogP contribution in [0.4, 0.5) is 0 Å². The maximum atomic E-state index is 11.0. The van der Waals surface area contributed by atoms with Crippen molar-refractivity contribution in [3.05, 3.63) is 0 Å². The minimum absolute atomic E-state index is 0.0837. The molecule has 0 aliphatic heterocycles. The van der Waals surface area contributed by atoms with Gasteiger partial charge in [0, 0.05) is 12.8 Å². The van der Waals surface area contributed by atoms with Gasteiger partial charge < -0.3 is 4.74 Å². The van der Waals surface area contributed by atoms with Gasteiger partial charge in [0.05, 0.1) is 0 Å². The van der Waals surface area contributed by atoms with Crippen LogP contribution in [0, 0.1) is 5.92 Å². The van der Waals surface area contributed by atoms with Gasteiger partial charge in [0.1, 0.15) is 0 Å². The Morgan fingerprint density at radius 2 is 1.83 bits per heavy atom. The number of hydrogen-bond donors (Lipinski definition) is 0. The fourth-order valence-electron chi connectivity index (χ4n) is 0.993. The van der Waals surface area contributed by atoms with E-state index in [2.05, 4.69) is 0 Å². The molecule has 0 fully saturated rings. The van der Waals surface area contributed by atoms with Gasteiger partial charge in [0.2, 0.25) is 0 Å². The van der Waals surface area contributed by atoms with E-state index in [4.69, 9.17) is 4.74 Å². The van der Waals surface area contributed by atoms with Crippen molar-refractivity contribution in [3.8, 4) is 0 Å². The number of rotatable bonds is 4. The van der Waals surface area contributed by atoms with Crippen LogP contribution in [0.3, 0.4) is 0 Å². The van der Waals surface area contributed by atoms with E-state index in [1.807, 2.05) is 13.8 Å². The van der Waals surface area contributed by atoms with Gasteiger partial charge in [-0.15, -0.1) is 0 Å². The molecule has 0 saturated carbocycles. The zero-order valence-electron chi connectivity index (χ0n) is 8.09. The molecule has 0 aliphatic carbocycles. The molecule has 0 aliphatic rings. The highest BCUT2D eigenvalue weighted by Crippen LogP contribution is 2.12. The summed E-state index contributed by atoms with van der Waals surface area (Å²) in [6.07, 6.45) is 0.268. The summed E-state index contributed by atoms with van der Waals surface area (Å²) in [5.41, 5.74) is 0. The molecular weight excluding hydrogens is 156 g/mol. The van der Waals surface area contributed by atoms with Crippen LogP contribution < -0.4 is 0 Å². The third-order valence-corrected chi connectivity index (χ3v) is 1.85. The third kappa shape index (κ3) is 3.51. The van der Waals surface area contributed by atoms with Gasteiger partial charge in [-0.2, -0.15) is 0 Å². The molecular formula is C9H16O3. The number of ketones is 1. The molecule has 0 N–H and O–H groups in total. The SMILES string of the molecule is CCC(C)C(OC(C)=O)C(C)=O. The molecule has 0 spiro atoms. The van der Waals surface area contributed by atoms with Crippen molar-refractivity contribution in [2.75, 3.05) is 0 Å².